The average molecular weight is 483 g/mol. The lowest BCUT2D eigenvalue weighted by molar-refractivity contribution is -0.119. The van der Waals surface area contributed by atoms with Crippen molar-refractivity contribution in [2.75, 3.05) is 25.8 Å². The molecule has 0 radical (unpaired) electrons. The summed E-state index contributed by atoms with van der Waals surface area (Å²) in [5.74, 6) is -1.03. The van der Waals surface area contributed by atoms with Crippen LogP contribution in [0.15, 0.2) is 42.5 Å². The van der Waals surface area contributed by atoms with Gasteiger partial charge in [0.05, 0.1) is 12.7 Å². The summed E-state index contributed by atoms with van der Waals surface area (Å²) in [6.45, 7) is 1.41. The number of carbonyl (C=O) groups is 3. The highest BCUT2D eigenvalue weighted by atomic mass is 32.1. The molecule has 0 atom stereocenters. The number of amides is 1. The zero-order valence-electron chi connectivity index (χ0n) is 18.4. The fourth-order valence-corrected chi connectivity index (χ4v) is 4.55. The molecule has 0 saturated heterocycles. The zero-order chi connectivity index (χ0) is 24.2. The first-order chi connectivity index (χ1) is 16.4. The van der Waals surface area contributed by atoms with Crippen molar-refractivity contribution in [2.45, 2.75) is 13.3 Å². The molecule has 0 unspecified atom stereocenters. The quantitative estimate of drug-likeness (QED) is 0.489. The molecule has 1 aliphatic rings. The Labute approximate surface area is 198 Å². The molecule has 1 aliphatic heterocycles. The van der Waals surface area contributed by atoms with Gasteiger partial charge in [-0.25, -0.2) is 9.59 Å². The molecule has 3 aromatic rings. The Morgan fingerprint density at radius 2 is 1.85 bits per heavy atom. The van der Waals surface area contributed by atoms with Gasteiger partial charge in [-0.3, -0.25) is 4.79 Å². The fraction of sp³-hybridized carbons (Fsp3) is 0.208. The van der Waals surface area contributed by atoms with E-state index in [0.29, 0.717) is 28.5 Å². The number of aromatic hydroxyl groups is 1. The summed E-state index contributed by atoms with van der Waals surface area (Å²) in [6, 6.07) is 11.4. The van der Waals surface area contributed by atoms with Crippen molar-refractivity contribution in [1.29, 1.82) is 0 Å². The Balaban J connectivity index is 1.50. The number of fused-ring (bicyclic) bond motifs is 1. The number of rotatable bonds is 7. The third-order valence-corrected chi connectivity index (χ3v) is 6.19. The monoisotopic (exact) mass is 483 g/mol. The third kappa shape index (κ3) is 4.81. The van der Waals surface area contributed by atoms with Crippen LogP contribution < -0.4 is 14.8 Å². The molecular formula is C24H21NO8S. The van der Waals surface area contributed by atoms with Gasteiger partial charge in [-0.1, -0.05) is 18.2 Å². The van der Waals surface area contributed by atoms with E-state index in [1.165, 1.54) is 30.6 Å². The van der Waals surface area contributed by atoms with E-state index in [1.54, 1.807) is 18.2 Å². The van der Waals surface area contributed by atoms with Gasteiger partial charge in [0.25, 0.3) is 5.91 Å². The molecule has 9 nitrogen and oxygen atoms in total. The van der Waals surface area contributed by atoms with E-state index in [-0.39, 0.29) is 23.7 Å². The fourth-order valence-electron chi connectivity index (χ4n) is 3.47. The number of carbonyl (C=O) groups excluding carboxylic acids is 3. The van der Waals surface area contributed by atoms with Gasteiger partial charge in [-0.2, -0.15) is 0 Å². The first-order valence-electron chi connectivity index (χ1n) is 10.2. The third-order valence-electron chi connectivity index (χ3n) is 5.13. The number of phenols is 1. The molecule has 0 fully saturated rings. The van der Waals surface area contributed by atoms with Gasteiger partial charge >= 0.3 is 11.9 Å². The van der Waals surface area contributed by atoms with Crippen molar-refractivity contribution in [1.82, 2.24) is 0 Å². The van der Waals surface area contributed by atoms with Crippen molar-refractivity contribution < 1.29 is 38.4 Å². The number of ether oxygens (including phenoxy) is 4. The van der Waals surface area contributed by atoms with Gasteiger partial charge in [0.1, 0.15) is 16.3 Å². The van der Waals surface area contributed by atoms with E-state index in [1.807, 2.05) is 19.1 Å². The molecule has 176 valence electrons. The molecule has 1 amide bonds. The van der Waals surface area contributed by atoms with Crippen molar-refractivity contribution in [2.24, 2.45) is 0 Å². The lowest BCUT2D eigenvalue weighted by Crippen LogP contribution is -2.21. The molecular weight excluding hydrogens is 462 g/mol. The topological polar surface area (TPSA) is 120 Å². The minimum Gasteiger partial charge on any atom is -0.507 e. The summed E-state index contributed by atoms with van der Waals surface area (Å²) in [7, 11) is 1.26. The number of thiophene rings is 1. The normalized spacial score (nSPS) is 11.7. The van der Waals surface area contributed by atoms with Gasteiger partial charge in [0, 0.05) is 4.88 Å². The summed E-state index contributed by atoms with van der Waals surface area (Å²) in [4.78, 5) is 38.0. The second-order valence-corrected chi connectivity index (χ2v) is 8.56. The lowest BCUT2D eigenvalue weighted by atomic mass is 10.0. The van der Waals surface area contributed by atoms with Crippen molar-refractivity contribution >= 4 is 34.2 Å². The SMILES string of the molecule is COC(=O)c1c(NC(=O)COC(=O)c2ccccc2O)sc(C)c1Cc1ccc2c(c1)OCO2. The summed E-state index contributed by atoms with van der Waals surface area (Å²) >= 11 is 1.22. The van der Waals surface area contributed by atoms with E-state index in [4.69, 9.17) is 18.9 Å². The summed E-state index contributed by atoms with van der Waals surface area (Å²) in [5.41, 5.74) is 1.79. The van der Waals surface area contributed by atoms with E-state index in [9.17, 15) is 19.5 Å². The van der Waals surface area contributed by atoms with Crippen molar-refractivity contribution in [3.8, 4) is 17.2 Å². The summed E-state index contributed by atoms with van der Waals surface area (Å²) in [6.07, 6.45) is 0.404. The van der Waals surface area contributed by atoms with Crippen LogP contribution in [-0.4, -0.2) is 43.5 Å². The van der Waals surface area contributed by atoms with E-state index >= 15 is 0 Å². The minimum atomic E-state index is -0.840. The second-order valence-electron chi connectivity index (χ2n) is 7.34. The van der Waals surface area contributed by atoms with Crippen LogP contribution in [0.25, 0.3) is 0 Å². The van der Waals surface area contributed by atoms with Gasteiger partial charge < -0.3 is 29.4 Å². The molecule has 1 aromatic heterocycles. The molecule has 34 heavy (non-hydrogen) atoms. The zero-order valence-corrected chi connectivity index (χ0v) is 19.2. The highest BCUT2D eigenvalue weighted by Crippen LogP contribution is 2.37. The molecule has 0 spiro atoms. The molecule has 2 N–H and O–H groups in total. The van der Waals surface area contributed by atoms with Crippen LogP contribution in [0.4, 0.5) is 5.00 Å². The van der Waals surface area contributed by atoms with Gasteiger partial charge in [-0.05, 0) is 48.7 Å². The van der Waals surface area contributed by atoms with Crippen molar-refractivity contribution in [3.05, 3.63) is 69.6 Å². The van der Waals surface area contributed by atoms with E-state index in [0.717, 1.165) is 10.4 Å². The number of nitrogens with one attached hydrogen (secondary N) is 1. The number of hydrogen-bond donors (Lipinski definition) is 2. The standard InChI is InChI=1S/C24H21NO8S/c1-13-16(9-14-7-8-18-19(10-14)33-12-32-18)21(24(29)30-2)22(34-13)25-20(27)11-31-23(28)15-5-3-4-6-17(15)26/h3-8,10,26H,9,11-12H2,1-2H3,(H,25,27). The number of para-hydroxylation sites is 1. The van der Waals surface area contributed by atoms with Crippen molar-refractivity contribution in [3.63, 3.8) is 0 Å². The highest BCUT2D eigenvalue weighted by molar-refractivity contribution is 7.16. The predicted molar refractivity (Wildman–Crippen MR) is 123 cm³/mol. The maximum Gasteiger partial charge on any atom is 0.342 e. The number of esters is 2. The number of methoxy groups -OCH3 is 1. The van der Waals surface area contributed by atoms with Gasteiger partial charge in [-0.15, -0.1) is 11.3 Å². The van der Waals surface area contributed by atoms with Crippen LogP contribution in [0.1, 0.15) is 36.7 Å². The highest BCUT2D eigenvalue weighted by Gasteiger charge is 2.25. The first-order valence-corrected chi connectivity index (χ1v) is 11.0. The first kappa shape index (κ1) is 23.1. The molecule has 0 bridgehead atoms. The van der Waals surface area contributed by atoms with E-state index in [2.05, 4.69) is 5.32 Å². The smallest absolute Gasteiger partial charge is 0.342 e. The predicted octanol–water partition coefficient (Wildman–Crippen LogP) is 3.66. The van der Waals surface area contributed by atoms with E-state index < -0.39 is 24.5 Å². The average Bonchev–Trinajstić information content (AvgIpc) is 3.41. The minimum absolute atomic E-state index is 0.0523. The Hall–Kier alpha value is -4.05. The molecule has 0 aliphatic carbocycles. The number of benzene rings is 2. The van der Waals surface area contributed by atoms with Gasteiger partial charge in [0.15, 0.2) is 18.1 Å². The maximum atomic E-state index is 12.6. The lowest BCUT2D eigenvalue weighted by Gasteiger charge is -2.09. The Bertz CT molecular complexity index is 1270. The summed E-state index contributed by atoms with van der Waals surface area (Å²) in [5, 5.41) is 12.7. The van der Waals surface area contributed by atoms with Crippen LogP contribution in [0.3, 0.4) is 0 Å². The maximum absolute atomic E-state index is 12.6. The van der Waals surface area contributed by atoms with Crippen LogP contribution in [0.2, 0.25) is 0 Å². The second kappa shape index (κ2) is 9.84. The van der Waals surface area contributed by atoms with Crippen LogP contribution in [0.5, 0.6) is 17.2 Å². The molecule has 2 heterocycles. The molecule has 4 rings (SSSR count). The Morgan fingerprint density at radius 1 is 1.09 bits per heavy atom. The van der Waals surface area contributed by atoms with Gasteiger partial charge in [0.2, 0.25) is 6.79 Å². The molecule has 0 saturated carbocycles. The Morgan fingerprint density at radius 3 is 2.62 bits per heavy atom. The van der Waals surface area contributed by atoms with Crippen LogP contribution in [0, 0.1) is 6.92 Å². The molecule has 10 heteroatoms. The Kier molecular flexibility index (Phi) is 6.69. The summed E-state index contributed by atoms with van der Waals surface area (Å²) < 4.78 is 20.7. The largest absolute Gasteiger partial charge is 0.507 e. The van der Waals surface area contributed by atoms with Crippen LogP contribution >= 0.6 is 11.3 Å². The number of aryl methyl sites for hydroxylation is 1. The molecule has 2 aromatic carbocycles. The number of hydrogen-bond acceptors (Lipinski definition) is 9. The number of anilines is 1. The number of phenolic OH excluding ortho intramolecular Hbond substituents is 1. The van der Waals surface area contributed by atoms with Crippen LogP contribution in [-0.2, 0) is 20.7 Å².